The van der Waals surface area contributed by atoms with Crippen molar-refractivity contribution in [1.82, 2.24) is 4.90 Å². The first kappa shape index (κ1) is 15.7. The van der Waals surface area contributed by atoms with Crippen molar-refractivity contribution in [2.24, 2.45) is 0 Å². The van der Waals surface area contributed by atoms with Gasteiger partial charge in [-0.2, -0.15) is 0 Å². The summed E-state index contributed by atoms with van der Waals surface area (Å²) in [6.45, 7) is 4.31. The molecule has 120 valence electrons. The third kappa shape index (κ3) is 2.88. The summed E-state index contributed by atoms with van der Waals surface area (Å²) in [7, 11) is 1.84. The van der Waals surface area contributed by atoms with Crippen LogP contribution in [0, 0.1) is 0 Å². The molecule has 3 rings (SSSR count). The Hall–Kier alpha value is -2.14. The van der Waals surface area contributed by atoms with Gasteiger partial charge in [0.25, 0.3) is 5.91 Å². The van der Waals surface area contributed by atoms with Gasteiger partial charge in [-0.05, 0) is 48.6 Å². The number of hydrogen-bond donors (Lipinski definition) is 0. The number of nitrogens with zero attached hydrogens (tertiary/aromatic N) is 2. The normalized spacial score (nSPS) is 14.5. The second kappa shape index (κ2) is 6.16. The molecule has 0 radical (unpaired) electrons. The number of carbonyl (C=O) groups excluding carboxylic acids is 2. The van der Waals surface area contributed by atoms with Gasteiger partial charge in [0.05, 0.1) is 6.04 Å². The summed E-state index contributed by atoms with van der Waals surface area (Å²) in [6.07, 6.45) is 0.806. The summed E-state index contributed by atoms with van der Waals surface area (Å²) in [5.74, 6) is 0.0567. The Labute approximate surface area is 140 Å². The van der Waals surface area contributed by atoms with Gasteiger partial charge in [-0.25, -0.2) is 0 Å². The van der Waals surface area contributed by atoms with Crippen molar-refractivity contribution in [2.75, 3.05) is 18.5 Å². The molecule has 1 aromatic heterocycles. The molecule has 1 aliphatic rings. The molecule has 5 heteroatoms. The van der Waals surface area contributed by atoms with Crippen LogP contribution in [0.15, 0.2) is 35.7 Å². The molecule has 2 heterocycles. The third-order valence-corrected chi connectivity index (χ3v) is 5.50. The first-order valence-electron chi connectivity index (χ1n) is 7.70. The van der Waals surface area contributed by atoms with E-state index in [-0.39, 0.29) is 17.9 Å². The average molecular weight is 328 g/mol. The number of carbonyl (C=O) groups is 2. The molecule has 0 bridgehead atoms. The smallest absolute Gasteiger partial charge is 0.254 e. The maximum Gasteiger partial charge on any atom is 0.254 e. The van der Waals surface area contributed by atoms with Gasteiger partial charge in [0, 0.05) is 36.6 Å². The van der Waals surface area contributed by atoms with Crippen molar-refractivity contribution < 1.29 is 9.59 Å². The minimum Gasteiger partial charge on any atom is -0.334 e. The zero-order chi connectivity index (χ0) is 16.6. The van der Waals surface area contributed by atoms with E-state index >= 15 is 0 Å². The third-order valence-electron chi connectivity index (χ3n) is 4.46. The van der Waals surface area contributed by atoms with Crippen molar-refractivity contribution >= 4 is 28.8 Å². The molecule has 1 aliphatic heterocycles. The van der Waals surface area contributed by atoms with Crippen LogP contribution in [0.1, 0.15) is 40.7 Å². The summed E-state index contributed by atoms with van der Waals surface area (Å²) in [6, 6.07) is 9.73. The van der Waals surface area contributed by atoms with Gasteiger partial charge in [-0.3, -0.25) is 9.59 Å². The highest BCUT2D eigenvalue weighted by atomic mass is 32.1. The van der Waals surface area contributed by atoms with E-state index in [4.69, 9.17) is 0 Å². The van der Waals surface area contributed by atoms with Gasteiger partial charge < -0.3 is 9.80 Å². The van der Waals surface area contributed by atoms with Crippen LogP contribution >= 0.6 is 11.3 Å². The first-order valence-corrected chi connectivity index (χ1v) is 8.58. The topological polar surface area (TPSA) is 40.6 Å². The van der Waals surface area contributed by atoms with Crippen molar-refractivity contribution in [3.8, 4) is 0 Å². The van der Waals surface area contributed by atoms with Gasteiger partial charge >= 0.3 is 0 Å². The molecule has 2 amide bonds. The quantitative estimate of drug-likeness (QED) is 0.865. The van der Waals surface area contributed by atoms with Crippen LogP contribution in [-0.4, -0.2) is 30.3 Å². The Balaban J connectivity index is 1.82. The van der Waals surface area contributed by atoms with E-state index in [0.717, 1.165) is 17.7 Å². The second-order valence-corrected chi connectivity index (χ2v) is 6.85. The van der Waals surface area contributed by atoms with Crippen LogP contribution in [-0.2, 0) is 11.2 Å². The van der Waals surface area contributed by atoms with E-state index in [9.17, 15) is 9.59 Å². The van der Waals surface area contributed by atoms with E-state index in [1.807, 2.05) is 49.7 Å². The molecule has 1 atom stereocenters. The summed E-state index contributed by atoms with van der Waals surface area (Å²) in [5.41, 5.74) is 2.69. The zero-order valence-corrected chi connectivity index (χ0v) is 14.4. The van der Waals surface area contributed by atoms with Crippen LogP contribution in [0.3, 0.4) is 0 Å². The van der Waals surface area contributed by atoms with Crippen molar-refractivity contribution in [1.29, 1.82) is 0 Å². The zero-order valence-electron chi connectivity index (χ0n) is 13.6. The summed E-state index contributed by atoms with van der Waals surface area (Å²) in [5, 5.41) is 2.02. The summed E-state index contributed by atoms with van der Waals surface area (Å²) < 4.78 is 0. The molecular formula is C18H20N2O2S. The lowest BCUT2D eigenvalue weighted by Gasteiger charge is -2.24. The molecule has 1 unspecified atom stereocenters. The maximum absolute atomic E-state index is 12.7. The predicted octanol–water partition coefficient (Wildman–Crippen LogP) is 3.49. The van der Waals surface area contributed by atoms with Gasteiger partial charge in [0.1, 0.15) is 0 Å². The maximum atomic E-state index is 12.7. The Kier molecular flexibility index (Phi) is 4.22. The van der Waals surface area contributed by atoms with E-state index in [1.165, 1.54) is 4.88 Å². The standard InChI is InChI=1S/C18H20N2O2S/c1-12(17-5-4-10-23-17)19(3)18(22)15-6-7-16-14(11-15)8-9-20(16)13(2)21/h4-7,10-12H,8-9H2,1-3H3. The highest BCUT2D eigenvalue weighted by Gasteiger charge is 2.25. The second-order valence-electron chi connectivity index (χ2n) is 5.87. The fourth-order valence-corrected chi connectivity index (χ4v) is 3.79. The molecular weight excluding hydrogens is 308 g/mol. The van der Waals surface area contributed by atoms with Gasteiger partial charge in [0.2, 0.25) is 5.91 Å². The summed E-state index contributed by atoms with van der Waals surface area (Å²) in [4.78, 5) is 29.1. The molecule has 0 fully saturated rings. The number of thiophene rings is 1. The van der Waals surface area contributed by atoms with E-state index in [1.54, 1.807) is 28.1 Å². The first-order chi connectivity index (χ1) is 11.0. The minimum atomic E-state index is 0.00924. The SMILES string of the molecule is CC(=O)N1CCc2cc(C(=O)N(C)C(C)c3cccs3)ccc21. The predicted molar refractivity (Wildman–Crippen MR) is 93.0 cm³/mol. The van der Waals surface area contributed by atoms with Crippen LogP contribution in [0.5, 0.6) is 0 Å². The van der Waals surface area contributed by atoms with Crippen LogP contribution in [0.25, 0.3) is 0 Å². The number of benzene rings is 1. The lowest BCUT2D eigenvalue weighted by molar-refractivity contribution is -0.116. The number of anilines is 1. The average Bonchev–Trinajstić information content (AvgIpc) is 3.21. The number of rotatable bonds is 3. The molecule has 0 N–H and O–H groups in total. The highest BCUT2D eigenvalue weighted by molar-refractivity contribution is 7.10. The monoisotopic (exact) mass is 328 g/mol. The van der Waals surface area contributed by atoms with Crippen molar-refractivity contribution in [3.63, 3.8) is 0 Å². The highest BCUT2D eigenvalue weighted by Crippen LogP contribution is 2.30. The van der Waals surface area contributed by atoms with Gasteiger partial charge in [-0.1, -0.05) is 6.07 Å². The van der Waals surface area contributed by atoms with Gasteiger partial charge in [-0.15, -0.1) is 11.3 Å². The molecule has 23 heavy (non-hydrogen) atoms. The number of hydrogen-bond acceptors (Lipinski definition) is 3. The largest absolute Gasteiger partial charge is 0.334 e. The van der Waals surface area contributed by atoms with Crippen molar-refractivity contribution in [3.05, 3.63) is 51.7 Å². The lowest BCUT2D eigenvalue weighted by Crippen LogP contribution is -2.29. The van der Waals surface area contributed by atoms with E-state index < -0.39 is 0 Å². The van der Waals surface area contributed by atoms with Crippen molar-refractivity contribution in [2.45, 2.75) is 26.3 Å². The Morgan fingerprint density at radius 1 is 1.30 bits per heavy atom. The molecule has 4 nitrogen and oxygen atoms in total. The number of fused-ring (bicyclic) bond motifs is 1. The summed E-state index contributed by atoms with van der Waals surface area (Å²) >= 11 is 1.66. The molecule has 0 spiro atoms. The molecule has 0 saturated heterocycles. The Morgan fingerprint density at radius 2 is 2.09 bits per heavy atom. The fraction of sp³-hybridized carbons (Fsp3) is 0.333. The molecule has 0 saturated carbocycles. The van der Waals surface area contributed by atoms with Crippen LogP contribution in [0.4, 0.5) is 5.69 Å². The Morgan fingerprint density at radius 3 is 2.74 bits per heavy atom. The molecule has 1 aromatic carbocycles. The fourth-order valence-electron chi connectivity index (χ4n) is 2.96. The van der Waals surface area contributed by atoms with E-state index in [2.05, 4.69) is 0 Å². The molecule has 0 aliphatic carbocycles. The van der Waals surface area contributed by atoms with Crippen LogP contribution in [0.2, 0.25) is 0 Å². The van der Waals surface area contributed by atoms with Gasteiger partial charge in [0.15, 0.2) is 0 Å². The number of amides is 2. The van der Waals surface area contributed by atoms with E-state index in [0.29, 0.717) is 12.1 Å². The lowest BCUT2D eigenvalue weighted by atomic mass is 10.1. The van der Waals surface area contributed by atoms with Crippen LogP contribution < -0.4 is 4.90 Å². The Bertz CT molecular complexity index is 739. The minimum absolute atomic E-state index is 0.00924. The molecule has 2 aromatic rings.